The van der Waals surface area contributed by atoms with Crippen LogP contribution in [0, 0.1) is 28.6 Å². The van der Waals surface area contributed by atoms with E-state index >= 15 is 0 Å². The summed E-state index contributed by atoms with van der Waals surface area (Å²) in [6.07, 6.45) is 0. The molecule has 0 spiro atoms. The van der Waals surface area contributed by atoms with Crippen LogP contribution in [0.2, 0.25) is 0 Å². The van der Waals surface area contributed by atoms with Crippen LogP contribution in [-0.2, 0) is 33.4 Å². The van der Waals surface area contributed by atoms with Gasteiger partial charge in [-0.15, -0.1) is 0 Å². The lowest BCUT2D eigenvalue weighted by Crippen LogP contribution is -2.55. The molecule has 0 saturated heterocycles. The van der Waals surface area contributed by atoms with Crippen LogP contribution in [0.4, 0.5) is 0 Å². The van der Waals surface area contributed by atoms with Crippen molar-refractivity contribution in [1.29, 1.82) is 5.26 Å². The Morgan fingerprint density at radius 1 is 0.926 bits per heavy atom. The summed E-state index contributed by atoms with van der Waals surface area (Å²) >= 11 is 0. The smallest absolute Gasteiger partial charge is 0.327 e. The molecule has 0 N–H and O–H groups in total. The second-order valence-electron chi connectivity index (χ2n) is 6.46. The third kappa shape index (κ3) is 2.21. The first kappa shape index (κ1) is 18.6. The van der Waals surface area contributed by atoms with Crippen LogP contribution in [0.5, 0.6) is 0 Å². The zero-order chi connectivity index (χ0) is 19.9. The van der Waals surface area contributed by atoms with E-state index in [1.165, 1.54) is 0 Å². The number of methoxy groups -OCH3 is 3. The average Bonchev–Trinajstić information content (AvgIpc) is 2.92. The van der Waals surface area contributed by atoms with Crippen LogP contribution in [0.15, 0.2) is 24.3 Å². The van der Waals surface area contributed by atoms with Crippen molar-refractivity contribution in [3.63, 3.8) is 0 Å². The standard InChI is InChI=1S/C19H17NO7/c1-25-16(22)11-13-9-6-4-5-7-10(9)14(12(15(11)21)17(23)26-2)19(13,8-20)18(24)27-3/h4-7,11-14H,1-3H3. The van der Waals surface area contributed by atoms with E-state index in [0.29, 0.717) is 11.1 Å². The summed E-state index contributed by atoms with van der Waals surface area (Å²) in [4.78, 5) is 50.9. The highest BCUT2D eigenvalue weighted by Gasteiger charge is 2.72. The zero-order valence-electron chi connectivity index (χ0n) is 14.9. The number of ether oxygens (including phenoxy) is 3. The molecular formula is C19H17NO7. The lowest BCUT2D eigenvalue weighted by atomic mass is 9.56. The average molecular weight is 371 g/mol. The van der Waals surface area contributed by atoms with Crippen LogP contribution >= 0.6 is 0 Å². The summed E-state index contributed by atoms with van der Waals surface area (Å²) < 4.78 is 14.4. The number of carbonyl (C=O) groups is 4. The summed E-state index contributed by atoms with van der Waals surface area (Å²) in [7, 11) is 3.31. The number of nitrogens with zero attached hydrogens (tertiary/aromatic N) is 1. The Morgan fingerprint density at radius 3 is 1.70 bits per heavy atom. The fourth-order valence-electron chi connectivity index (χ4n) is 4.53. The molecule has 4 atom stereocenters. The molecule has 2 bridgehead atoms. The molecule has 1 aromatic carbocycles. The van der Waals surface area contributed by atoms with Gasteiger partial charge in [-0.2, -0.15) is 5.26 Å². The number of nitriles is 1. The van der Waals surface area contributed by atoms with Gasteiger partial charge in [-0.25, -0.2) is 0 Å². The first-order chi connectivity index (χ1) is 12.9. The maximum absolute atomic E-state index is 13.1. The molecule has 1 aromatic rings. The highest BCUT2D eigenvalue weighted by Crippen LogP contribution is 2.65. The normalized spacial score (nSPS) is 30.7. The molecule has 2 aliphatic rings. The van der Waals surface area contributed by atoms with Gasteiger partial charge in [-0.3, -0.25) is 19.2 Å². The third-order valence-electron chi connectivity index (χ3n) is 5.55. The minimum absolute atomic E-state index is 0.476. The molecule has 4 unspecified atom stereocenters. The fraction of sp³-hybridized carbons (Fsp3) is 0.421. The van der Waals surface area contributed by atoms with Gasteiger partial charge in [0.05, 0.1) is 27.4 Å². The molecule has 8 heteroatoms. The van der Waals surface area contributed by atoms with E-state index in [2.05, 4.69) is 0 Å². The third-order valence-corrected chi connectivity index (χ3v) is 5.55. The van der Waals surface area contributed by atoms with Crippen LogP contribution in [0.3, 0.4) is 0 Å². The van der Waals surface area contributed by atoms with Gasteiger partial charge >= 0.3 is 17.9 Å². The number of benzene rings is 1. The van der Waals surface area contributed by atoms with Gasteiger partial charge in [0.15, 0.2) is 11.2 Å². The second-order valence-corrected chi connectivity index (χ2v) is 6.46. The summed E-state index contributed by atoms with van der Waals surface area (Å²) in [5, 5.41) is 10.1. The SMILES string of the molecule is COC(=O)C1C(=O)C(C(=O)OC)C2c3ccccc3C1C2(C#N)C(=O)OC. The number of ketones is 1. The molecule has 140 valence electrons. The van der Waals surface area contributed by atoms with Crippen molar-refractivity contribution in [2.24, 2.45) is 17.3 Å². The number of hydrogen-bond acceptors (Lipinski definition) is 8. The maximum atomic E-state index is 13.1. The minimum Gasteiger partial charge on any atom is -0.468 e. The highest BCUT2D eigenvalue weighted by molar-refractivity contribution is 6.13. The molecule has 27 heavy (non-hydrogen) atoms. The van der Waals surface area contributed by atoms with Gasteiger partial charge in [0.1, 0.15) is 11.8 Å². The summed E-state index contributed by atoms with van der Waals surface area (Å²) in [5.74, 6) is -8.71. The Hall–Kier alpha value is -3.21. The maximum Gasteiger partial charge on any atom is 0.327 e. The monoisotopic (exact) mass is 371 g/mol. The van der Waals surface area contributed by atoms with Gasteiger partial charge in [-0.1, -0.05) is 24.3 Å². The van der Waals surface area contributed by atoms with Crippen LogP contribution in [0.25, 0.3) is 0 Å². The lowest BCUT2D eigenvalue weighted by molar-refractivity contribution is -0.168. The Balaban J connectivity index is 2.40. The number of rotatable bonds is 3. The number of hydrogen-bond donors (Lipinski definition) is 0. The van der Waals surface area contributed by atoms with Crippen molar-refractivity contribution in [1.82, 2.24) is 0 Å². The van der Waals surface area contributed by atoms with Crippen molar-refractivity contribution in [3.8, 4) is 6.07 Å². The van der Waals surface area contributed by atoms with E-state index in [-0.39, 0.29) is 0 Å². The second kappa shape index (κ2) is 6.50. The number of carbonyl (C=O) groups excluding carboxylic acids is 4. The van der Waals surface area contributed by atoms with Crippen molar-refractivity contribution < 1.29 is 33.4 Å². The zero-order valence-corrected chi connectivity index (χ0v) is 14.9. The Kier molecular flexibility index (Phi) is 4.47. The number of Topliss-reactive ketones (excluding diaryl/α,β-unsaturated/α-hetero) is 1. The van der Waals surface area contributed by atoms with E-state index < -0.39 is 52.8 Å². The quantitative estimate of drug-likeness (QED) is 0.433. The van der Waals surface area contributed by atoms with E-state index in [9.17, 15) is 24.4 Å². The van der Waals surface area contributed by atoms with Crippen molar-refractivity contribution in [3.05, 3.63) is 35.4 Å². The Morgan fingerprint density at radius 2 is 1.37 bits per heavy atom. The molecular weight excluding hydrogens is 354 g/mol. The first-order valence-electron chi connectivity index (χ1n) is 8.18. The summed E-state index contributed by atoms with van der Waals surface area (Å²) in [6.45, 7) is 0. The molecule has 0 heterocycles. The first-order valence-corrected chi connectivity index (χ1v) is 8.18. The van der Waals surface area contributed by atoms with Gasteiger partial charge in [0.2, 0.25) is 0 Å². The van der Waals surface area contributed by atoms with Gasteiger partial charge < -0.3 is 14.2 Å². The lowest BCUT2D eigenvalue weighted by Gasteiger charge is -2.41. The molecule has 0 aromatic heterocycles. The molecule has 8 nitrogen and oxygen atoms in total. The summed E-state index contributed by atoms with van der Waals surface area (Å²) in [6, 6.07) is 8.59. The van der Waals surface area contributed by atoms with Crippen LogP contribution in [-0.4, -0.2) is 45.0 Å². The van der Waals surface area contributed by atoms with Crippen molar-refractivity contribution in [2.75, 3.05) is 21.3 Å². The molecule has 0 aliphatic heterocycles. The van der Waals surface area contributed by atoms with E-state index in [1.54, 1.807) is 24.3 Å². The molecule has 3 rings (SSSR count). The van der Waals surface area contributed by atoms with Gasteiger partial charge in [-0.05, 0) is 11.1 Å². The topological polar surface area (TPSA) is 120 Å². The van der Waals surface area contributed by atoms with Crippen LogP contribution in [0.1, 0.15) is 23.0 Å². The fourth-order valence-corrected chi connectivity index (χ4v) is 4.53. The molecule has 0 radical (unpaired) electrons. The van der Waals surface area contributed by atoms with Crippen molar-refractivity contribution >= 4 is 23.7 Å². The Labute approximate surface area is 155 Å². The number of fused-ring (bicyclic) bond motifs is 5. The van der Waals surface area contributed by atoms with Crippen molar-refractivity contribution in [2.45, 2.75) is 11.8 Å². The highest BCUT2D eigenvalue weighted by atomic mass is 16.5. The largest absolute Gasteiger partial charge is 0.468 e. The number of esters is 3. The van der Waals surface area contributed by atoms with Gasteiger partial charge in [0.25, 0.3) is 0 Å². The van der Waals surface area contributed by atoms with Crippen LogP contribution < -0.4 is 0 Å². The molecule has 2 aliphatic carbocycles. The molecule has 1 fully saturated rings. The summed E-state index contributed by atoms with van der Waals surface area (Å²) in [5.41, 5.74) is -0.974. The molecule has 0 amide bonds. The van der Waals surface area contributed by atoms with E-state index in [0.717, 1.165) is 21.3 Å². The molecule has 1 saturated carbocycles. The minimum atomic E-state index is -1.93. The van der Waals surface area contributed by atoms with E-state index in [1.807, 2.05) is 6.07 Å². The Bertz CT molecular complexity index is 831. The van der Waals surface area contributed by atoms with Gasteiger partial charge in [0, 0.05) is 11.8 Å². The predicted octanol–water partition coefficient (Wildman–Crippen LogP) is 0.711. The van der Waals surface area contributed by atoms with E-state index in [4.69, 9.17) is 14.2 Å². The predicted molar refractivity (Wildman–Crippen MR) is 88.0 cm³/mol.